The Balaban J connectivity index is 2.16. The Morgan fingerprint density at radius 1 is 1.24 bits per heavy atom. The number of benzene rings is 1. The third-order valence-corrected chi connectivity index (χ3v) is 2.86. The standard InChI is InChI=1S/C16H18N2O3/c1-10(2)21-13-4-5-14(11(3)8-13)18-16(20)12-6-7-17-15(19)9-12/h4-10H,1-3H3,(H,17,19)(H,18,20). The molecule has 5 nitrogen and oxygen atoms in total. The van der Waals surface area contributed by atoms with Crippen LogP contribution >= 0.6 is 0 Å². The van der Waals surface area contributed by atoms with Gasteiger partial charge >= 0.3 is 0 Å². The number of carbonyl (C=O) groups is 1. The highest BCUT2D eigenvalue weighted by molar-refractivity contribution is 6.04. The van der Waals surface area contributed by atoms with E-state index >= 15 is 0 Å². The Morgan fingerprint density at radius 3 is 2.62 bits per heavy atom. The molecule has 2 N–H and O–H groups in total. The number of rotatable bonds is 4. The fourth-order valence-electron chi connectivity index (χ4n) is 1.90. The van der Waals surface area contributed by atoms with E-state index in [1.807, 2.05) is 26.8 Å². The summed E-state index contributed by atoms with van der Waals surface area (Å²) in [5.41, 5.74) is 1.60. The van der Waals surface area contributed by atoms with Crippen molar-refractivity contribution in [3.05, 3.63) is 58.0 Å². The first-order valence-corrected chi connectivity index (χ1v) is 6.73. The molecule has 21 heavy (non-hydrogen) atoms. The Labute approximate surface area is 123 Å². The molecular formula is C16H18N2O3. The predicted molar refractivity (Wildman–Crippen MR) is 82.0 cm³/mol. The minimum absolute atomic E-state index is 0.0980. The molecule has 0 unspecified atom stereocenters. The molecule has 1 aromatic carbocycles. The van der Waals surface area contributed by atoms with Crippen LogP contribution in [0.15, 0.2) is 41.3 Å². The van der Waals surface area contributed by atoms with Crippen LogP contribution in [-0.4, -0.2) is 17.0 Å². The number of H-pyrrole nitrogens is 1. The molecule has 0 aliphatic carbocycles. The van der Waals surface area contributed by atoms with Crippen molar-refractivity contribution in [2.45, 2.75) is 26.9 Å². The predicted octanol–water partition coefficient (Wildman–Crippen LogP) is 2.72. The average molecular weight is 286 g/mol. The van der Waals surface area contributed by atoms with Gasteiger partial charge in [-0.15, -0.1) is 0 Å². The number of amides is 1. The second kappa shape index (κ2) is 6.26. The zero-order valence-corrected chi connectivity index (χ0v) is 12.3. The van der Waals surface area contributed by atoms with Gasteiger partial charge in [0.05, 0.1) is 6.10 Å². The Kier molecular flexibility index (Phi) is 4.42. The van der Waals surface area contributed by atoms with E-state index in [2.05, 4.69) is 10.3 Å². The molecule has 0 saturated carbocycles. The average Bonchev–Trinajstić information content (AvgIpc) is 2.41. The first kappa shape index (κ1) is 14.8. The zero-order chi connectivity index (χ0) is 15.4. The van der Waals surface area contributed by atoms with Crippen LogP contribution in [0.4, 0.5) is 5.69 Å². The van der Waals surface area contributed by atoms with Crippen molar-refractivity contribution in [3.8, 4) is 5.75 Å². The van der Waals surface area contributed by atoms with Crippen LogP contribution < -0.4 is 15.6 Å². The van der Waals surface area contributed by atoms with Crippen LogP contribution in [0.2, 0.25) is 0 Å². The molecule has 110 valence electrons. The molecule has 2 rings (SSSR count). The minimum atomic E-state index is -0.318. The van der Waals surface area contributed by atoms with Gasteiger partial charge in [0.25, 0.3) is 5.91 Å². The molecule has 2 aromatic rings. The van der Waals surface area contributed by atoms with E-state index in [-0.39, 0.29) is 17.6 Å². The molecule has 0 radical (unpaired) electrons. The number of pyridine rings is 1. The van der Waals surface area contributed by atoms with Gasteiger partial charge in [-0.25, -0.2) is 0 Å². The molecule has 0 bridgehead atoms. The van der Waals surface area contributed by atoms with E-state index in [1.165, 1.54) is 12.3 Å². The maximum absolute atomic E-state index is 12.1. The van der Waals surface area contributed by atoms with Crippen molar-refractivity contribution in [1.82, 2.24) is 4.98 Å². The smallest absolute Gasteiger partial charge is 0.255 e. The van der Waals surface area contributed by atoms with Crippen molar-refractivity contribution >= 4 is 11.6 Å². The third-order valence-electron chi connectivity index (χ3n) is 2.86. The number of aromatic nitrogens is 1. The summed E-state index contributed by atoms with van der Waals surface area (Å²) >= 11 is 0. The molecule has 1 heterocycles. The highest BCUT2D eigenvalue weighted by atomic mass is 16.5. The molecule has 0 atom stereocenters. The van der Waals surface area contributed by atoms with Crippen LogP contribution in [-0.2, 0) is 0 Å². The quantitative estimate of drug-likeness (QED) is 0.907. The SMILES string of the molecule is Cc1cc(OC(C)C)ccc1NC(=O)c1cc[nH]c(=O)c1. The summed E-state index contributed by atoms with van der Waals surface area (Å²) in [5, 5.41) is 2.79. The number of nitrogens with one attached hydrogen (secondary N) is 2. The number of ether oxygens (including phenoxy) is 1. The van der Waals surface area contributed by atoms with Crippen molar-refractivity contribution in [2.24, 2.45) is 0 Å². The van der Waals surface area contributed by atoms with Crippen molar-refractivity contribution in [3.63, 3.8) is 0 Å². The van der Waals surface area contributed by atoms with Crippen LogP contribution in [0.25, 0.3) is 0 Å². The second-order valence-electron chi connectivity index (χ2n) is 5.04. The summed E-state index contributed by atoms with van der Waals surface area (Å²) < 4.78 is 5.60. The van der Waals surface area contributed by atoms with Crippen molar-refractivity contribution < 1.29 is 9.53 Å². The minimum Gasteiger partial charge on any atom is -0.491 e. The molecule has 0 spiro atoms. The normalized spacial score (nSPS) is 10.5. The molecule has 0 aliphatic heterocycles. The number of carbonyl (C=O) groups excluding carboxylic acids is 1. The van der Waals surface area contributed by atoms with E-state index in [0.717, 1.165) is 11.3 Å². The van der Waals surface area contributed by atoms with Gasteiger partial charge in [-0.3, -0.25) is 9.59 Å². The van der Waals surface area contributed by atoms with Gasteiger partial charge in [-0.1, -0.05) is 0 Å². The van der Waals surface area contributed by atoms with Crippen LogP contribution in [0.3, 0.4) is 0 Å². The lowest BCUT2D eigenvalue weighted by Crippen LogP contribution is -2.16. The van der Waals surface area contributed by atoms with Gasteiger partial charge in [0, 0.05) is 23.5 Å². The number of hydrogen-bond donors (Lipinski definition) is 2. The number of aromatic amines is 1. The first-order valence-electron chi connectivity index (χ1n) is 6.73. The van der Waals surface area contributed by atoms with E-state index in [1.54, 1.807) is 18.2 Å². The Morgan fingerprint density at radius 2 is 2.00 bits per heavy atom. The lowest BCUT2D eigenvalue weighted by Gasteiger charge is -2.13. The lowest BCUT2D eigenvalue weighted by molar-refractivity contribution is 0.102. The van der Waals surface area contributed by atoms with E-state index in [9.17, 15) is 9.59 Å². The van der Waals surface area contributed by atoms with Gasteiger partial charge in [-0.2, -0.15) is 0 Å². The molecule has 0 saturated heterocycles. The van der Waals surface area contributed by atoms with Gasteiger partial charge in [0.1, 0.15) is 5.75 Å². The Hall–Kier alpha value is -2.56. The van der Waals surface area contributed by atoms with Gasteiger partial charge < -0.3 is 15.0 Å². The maximum atomic E-state index is 12.1. The van der Waals surface area contributed by atoms with Crippen LogP contribution in [0.1, 0.15) is 29.8 Å². The summed E-state index contributed by atoms with van der Waals surface area (Å²) in [4.78, 5) is 25.8. The Bertz CT molecular complexity index is 705. The zero-order valence-electron chi connectivity index (χ0n) is 12.3. The highest BCUT2D eigenvalue weighted by Crippen LogP contribution is 2.22. The fourth-order valence-corrected chi connectivity index (χ4v) is 1.90. The van der Waals surface area contributed by atoms with Crippen LogP contribution in [0.5, 0.6) is 5.75 Å². The van der Waals surface area contributed by atoms with Crippen molar-refractivity contribution in [1.29, 1.82) is 0 Å². The molecule has 1 aromatic heterocycles. The summed E-state index contributed by atoms with van der Waals surface area (Å²) in [6.45, 7) is 5.80. The van der Waals surface area contributed by atoms with E-state index in [4.69, 9.17) is 4.74 Å². The van der Waals surface area contributed by atoms with E-state index < -0.39 is 0 Å². The molecular weight excluding hydrogens is 268 g/mol. The summed E-state index contributed by atoms with van der Waals surface area (Å²) in [7, 11) is 0. The second-order valence-corrected chi connectivity index (χ2v) is 5.04. The lowest BCUT2D eigenvalue weighted by atomic mass is 10.1. The number of hydrogen-bond acceptors (Lipinski definition) is 3. The fraction of sp³-hybridized carbons (Fsp3) is 0.250. The monoisotopic (exact) mass is 286 g/mol. The van der Waals surface area contributed by atoms with Gasteiger partial charge in [0.2, 0.25) is 5.56 Å². The molecule has 0 fully saturated rings. The van der Waals surface area contributed by atoms with E-state index in [0.29, 0.717) is 11.3 Å². The van der Waals surface area contributed by atoms with Gasteiger partial charge in [-0.05, 0) is 50.6 Å². The van der Waals surface area contributed by atoms with Gasteiger partial charge in [0.15, 0.2) is 0 Å². The molecule has 1 amide bonds. The highest BCUT2D eigenvalue weighted by Gasteiger charge is 2.09. The van der Waals surface area contributed by atoms with Crippen LogP contribution in [0, 0.1) is 6.92 Å². The summed E-state index contributed by atoms with van der Waals surface area (Å²) in [6, 6.07) is 8.29. The first-order chi connectivity index (χ1) is 9.95. The number of anilines is 1. The molecule has 5 heteroatoms. The third kappa shape index (κ3) is 3.95. The maximum Gasteiger partial charge on any atom is 0.255 e. The topological polar surface area (TPSA) is 71.2 Å². The summed E-state index contributed by atoms with van der Waals surface area (Å²) in [6.07, 6.45) is 1.55. The van der Waals surface area contributed by atoms with Crippen molar-refractivity contribution in [2.75, 3.05) is 5.32 Å². The largest absolute Gasteiger partial charge is 0.491 e. The number of aryl methyl sites for hydroxylation is 1. The molecule has 0 aliphatic rings. The summed E-state index contributed by atoms with van der Waals surface area (Å²) in [5.74, 6) is 0.443.